The van der Waals surface area contributed by atoms with Crippen LogP contribution in [0.1, 0.15) is 6.92 Å². The van der Waals surface area contributed by atoms with Gasteiger partial charge in [-0.3, -0.25) is 0 Å². The highest BCUT2D eigenvalue weighted by molar-refractivity contribution is 6.31. The molecule has 0 aliphatic heterocycles. The third kappa shape index (κ3) is 2.41. The Kier molecular flexibility index (Phi) is 3.72. The van der Waals surface area contributed by atoms with Gasteiger partial charge in [-0.1, -0.05) is 29.8 Å². The zero-order valence-corrected chi connectivity index (χ0v) is 10.5. The first-order valence-corrected chi connectivity index (χ1v) is 5.91. The molecule has 0 radical (unpaired) electrons. The summed E-state index contributed by atoms with van der Waals surface area (Å²) in [6.07, 6.45) is 0. The highest BCUT2D eigenvalue weighted by Gasteiger charge is 2.13. The lowest BCUT2D eigenvalue weighted by atomic mass is 10.0. The van der Waals surface area contributed by atoms with Gasteiger partial charge in [-0.15, -0.1) is 0 Å². The average Bonchev–Trinajstić information content (AvgIpc) is 2.35. The van der Waals surface area contributed by atoms with E-state index in [4.69, 9.17) is 16.3 Å². The molecule has 1 N–H and O–H groups in total. The predicted octanol–water partition coefficient (Wildman–Crippen LogP) is 4.25. The number of benzene rings is 2. The molecule has 0 saturated carbocycles. The van der Waals surface area contributed by atoms with E-state index in [9.17, 15) is 9.50 Å². The van der Waals surface area contributed by atoms with E-state index < -0.39 is 5.82 Å². The van der Waals surface area contributed by atoms with Gasteiger partial charge in [-0.2, -0.15) is 0 Å². The number of rotatable bonds is 3. The standard InChI is InChI=1S/C14H12ClFO2/c1-2-18-14-6-4-3-5-9(14)10-7-11(15)12(16)8-13(10)17/h3-8,17H,2H2,1H3. The monoisotopic (exact) mass is 266 g/mol. The minimum Gasteiger partial charge on any atom is -0.507 e. The van der Waals surface area contributed by atoms with Crippen LogP contribution in [0.2, 0.25) is 5.02 Å². The lowest BCUT2D eigenvalue weighted by Gasteiger charge is -2.12. The molecule has 0 saturated heterocycles. The van der Waals surface area contributed by atoms with Gasteiger partial charge in [0.2, 0.25) is 0 Å². The molecule has 0 aliphatic carbocycles. The van der Waals surface area contributed by atoms with Crippen molar-refractivity contribution in [2.45, 2.75) is 6.92 Å². The van der Waals surface area contributed by atoms with E-state index in [1.807, 2.05) is 19.1 Å². The Balaban J connectivity index is 2.58. The van der Waals surface area contributed by atoms with E-state index in [1.54, 1.807) is 12.1 Å². The highest BCUT2D eigenvalue weighted by Crippen LogP contribution is 2.38. The van der Waals surface area contributed by atoms with Crippen LogP contribution >= 0.6 is 11.6 Å². The van der Waals surface area contributed by atoms with Gasteiger partial charge in [0.1, 0.15) is 17.3 Å². The third-order valence-corrected chi connectivity index (χ3v) is 2.81. The molecule has 0 bridgehead atoms. The number of aromatic hydroxyl groups is 1. The van der Waals surface area contributed by atoms with Gasteiger partial charge in [-0.25, -0.2) is 4.39 Å². The molecule has 0 aliphatic rings. The van der Waals surface area contributed by atoms with Crippen LogP contribution in [0, 0.1) is 5.82 Å². The second kappa shape index (κ2) is 5.27. The maximum Gasteiger partial charge on any atom is 0.145 e. The van der Waals surface area contributed by atoms with Gasteiger partial charge in [0, 0.05) is 17.2 Å². The van der Waals surface area contributed by atoms with Gasteiger partial charge in [-0.05, 0) is 19.1 Å². The number of phenolic OH excluding ortho intramolecular Hbond substituents is 1. The molecule has 94 valence electrons. The fourth-order valence-corrected chi connectivity index (χ4v) is 1.89. The molecule has 18 heavy (non-hydrogen) atoms. The van der Waals surface area contributed by atoms with E-state index in [0.717, 1.165) is 6.07 Å². The number of para-hydroxylation sites is 1. The molecule has 4 heteroatoms. The zero-order chi connectivity index (χ0) is 13.1. The quantitative estimate of drug-likeness (QED) is 0.900. The van der Waals surface area contributed by atoms with Gasteiger partial charge in [0.05, 0.1) is 11.6 Å². The van der Waals surface area contributed by atoms with E-state index >= 15 is 0 Å². The van der Waals surface area contributed by atoms with Gasteiger partial charge in [0.25, 0.3) is 0 Å². The Hall–Kier alpha value is -1.74. The minimum absolute atomic E-state index is 0.0332. The topological polar surface area (TPSA) is 29.5 Å². The van der Waals surface area contributed by atoms with Crippen molar-refractivity contribution < 1.29 is 14.2 Å². The Morgan fingerprint density at radius 2 is 1.94 bits per heavy atom. The summed E-state index contributed by atoms with van der Waals surface area (Å²) in [4.78, 5) is 0. The van der Waals surface area contributed by atoms with Crippen molar-refractivity contribution in [2.24, 2.45) is 0 Å². The Morgan fingerprint density at radius 3 is 2.67 bits per heavy atom. The van der Waals surface area contributed by atoms with Crippen LogP contribution < -0.4 is 4.74 Å². The van der Waals surface area contributed by atoms with Gasteiger partial charge >= 0.3 is 0 Å². The van der Waals surface area contributed by atoms with Crippen LogP contribution in [0.4, 0.5) is 4.39 Å². The molecule has 0 spiro atoms. The highest BCUT2D eigenvalue weighted by atomic mass is 35.5. The van der Waals surface area contributed by atoms with Crippen molar-refractivity contribution >= 4 is 11.6 Å². The lowest BCUT2D eigenvalue weighted by molar-refractivity contribution is 0.341. The van der Waals surface area contributed by atoms with Gasteiger partial charge in [0.15, 0.2) is 0 Å². The largest absolute Gasteiger partial charge is 0.507 e. The van der Waals surface area contributed by atoms with Crippen molar-refractivity contribution in [1.82, 2.24) is 0 Å². The molecule has 0 atom stereocenters. The molecular formula is C14H12ClFO2. The van der Waals surface area contributed by atoms with E-state index in [-0.39, 0.29) is 10.8 Å². The third-order valence-electron chi connectivity index (χ3n) is 2.52. The summed E-state index contributed by atoms with van der Waals surface area (Å²) < 4.78 is 18.7. The first-order valence-electron chi connectivity index (χ1n) is 5.53. The summed E-state index contributed by atoms with van der Waals surface area (Å²) >= 11 is 5.74. The van der Waals surface area contributed by atoms with Crippen LogP contribution in [0.5, 0.6) is 11.5 Å². The molecule has 0 aromatic heterocycles. The van der Waals surface area contributed by atoms with E-state index in [2.05, 4.69) is 0 Å². The first-order chi connectivity index (χ1) is 8.63. The maximum absolute atomic E-state index is 13.2. The van der Waals surface area contributed by atoms with E-state index in [1.165, 1.54) is 6.07 Å². The lowest BCUT2D eigenvalue weighted by Crippen LogP contribution is -1.94. The number of hydrogen-bond acceptors (Lipinski definition) is 2. The molecule has 2 aromatic rings. The van der Waals surface area contributed by atoms with Crippen LogP contribution in [-0.4, -0.2) is 11.7 Å². The number of halogens is 2. The summed E-state index contributed by atoms with van der Waals surface area (Å²) in [7, 11) is 0. The summed E-state index contributed by atoms with van der Waals surface area (Å²) in [5, 5.41) is 9.77. The molecule has 0 heterocycles. The second-order valence-corrected chi connectivity index (χ2v) is 4.12. The van der Waals surface area contributed by atoms with Crippen molar-refractivity contribution in [3.05, 3.63) is 47.2 Å². The molecule has 0 amide bonds. The average molecular weight is 267 g/mol. The van der Waals surface area contributed by atoms with Crippen LogP contribution in [0.25, 0.3) is 11.1 Å². The van der Waals surface area contributed by atoms with Crippen molar-refractivity contribution in [1.29, 1.82) is 0 Å². The van der Waals surface area contributed by atoms with E-state index in [0.29, 0.717) is 23.5 Å². The van der Waals surface area contributed by atoms with Crippen molar-refractivity contribution in [3.63, 3.8) is 0 Å². The number of hydrogen-bond donors (Lipinski definition) is 1. The first kappa shape index (κ1) is 12.7. The number of phenols is 1. The Morgan fingerprint density at radius 1 is 1.22 bits per heavy atom. The van der Waals surface area contributed by atoms with Crippen LogP contribution in [0.3, 0.4) is 0 Å². The van der Waals surface area contributed by atoms with Crippen molar-refractivity contribution in [3.8, 4) is 22.6 Å². The van der Waals surface area contributed by atoms with Crippen molar-refractivity contribution in [2.75, 3.05) is 6.61 Å². The molecular weight excluding hydrogens is 255 g/mol. The SMILES string of the molecule is CCOc1ccccc1-c1cc(Cl)c(F)cc1O. The summed E-state index contributed by atoms with van der Waals surface area (Å²) in [5.41, 5.74) is 1.13. The smallest absolute Gasteiger partial charge is 0.145 e. The summed E-state index contributed by atoms with van der Waals surface area (Å²) in [6, 6.07) is 9.61. The molecule has 0 unspecified atom stereocenters. The minimum atomic E-state index is -0.646. The maximum atomic E-state index is 13.2. The molecule has 2 aromatic carbocycles. The number of ether oxygens (including phenoxy) is 1. The van der Waals surface area contributed by atoms with Crippen LogP contribution in [0.15, 0.2) is 36.4 Å². The zero-order valence-electron chi connectivity index (χ0n) is 9.78. The normalized spacial score (nSPS) is 10.4. The fraction of sp³-hybridized carbons (Fsp3) is 0.143. The Bertz CT molecular complexity index is 570. The predicted molar refractivity (Wildman–Crippen MR) is 69.7 cm³/mol. The second-order valence-electron chi connectivity index (χ2n) is 3.71. The fourth-order valence-electron chi connectivity index (χ4n) is 1.72. The van der Waals surface area contributed by atoms with Crippen LogP contribution in [-0.2, 0) is 0 Å². The molecule has 2 rings (SSSR count). The Labute approximate surface area is 110 Å². The summed E-state index contributed by atoms with van der Waals surface area (Å²) in [5.74, 6) is -0.186. The summed E-state index contributed by atoms with van der Waals surface area (Å²) in [6.45, 7) is 2.38. The molecule has 2 nitrogen and oxygen atoms in total. The molecule has 0 fully saturated rings. The van der Waals surface area contributed by atoms with Gasteiger partial charge < -0.3 is 9.84 Å².